The molecule has 172 valence electrons. The number of hydrogen-bond donors (Lipinski definition) is 1. The van der Waals surface area contributed by atoms with Crippen molar-refractivity contribution in [3.63, 3.8) is 0 Å². The molecule has 0 aromatic carbocycles. The molecular weight excluding hydrogens is 498 g/mol. The van der Waals surface area contributed by atoms with Crippen LogP contribution >= 0.6 is 23.2 Å². The molecule has 5 rings (SSSR count). The molecule has 1 atom stereocenters. The van der Waals surface area contributed by atoms with Crippen LogP contribution in [0, 0.1) is 11.3 Å². The zero-order valence-electron chi connectivity index (χ0n) is 16.6. The number of amides is 2. The lowest BCUT2D eigenvalue weighted by Gasteiger charge is -2.19. The third kappa shape index (κ3) is 3.57. The number of aromatic nitrogens is 6. The molecule has 4 aromatic rings. The van der Waals surface area contributed by atoms with Crippen LogP contribution in [0.5, 0.6) is 0 Å². The third-order valence-electron chi connectivity index (χ3n) is 5.13. The lowest BCUT2D eigenvalue weighted by molar-refractivity contribution is -0.147. The van der Waals surface area contributed by atoms with Crippen molar-refractivity contribution in [2.24, 2.45) is 0 Å². The third-order valence-corrected chi connectivity index (χ3v) is 5.59. The molecule has 34 heavy (non-hydrogen) atoms. The Hall–Kier alpha value is -3.89. The minimum absolute atomic E-state index is 0.0257. The van der Waals surface area contributed by atoms with Crippen LogP contribution in [-0.2, 0) is 0 Å². The largest absolute Gasteiger partial charge is 0.399 e. The van der Waals surface area contributed by atoms with Crippen LogP contribution in [-0.4, -0.2) is 48.1 Å². The highest BCUT2D eigenvalue weighted by Crippen LogP contribution is 2.45. The zero-order chi connectivity index (χ0) is 24.2. The second-order valence-corrected chi connectivity index (χ2v) is 7.96. The van der Waals surface area contributed by atoms with Gasteiger partial charge in [0.15, 0.2) is 16.6 Å². The summed E-state index contributed by atoms with van der Waals surface area (Å²) in [5.74, 6) is -1.85. The van der Waals surface area contributed by atoms with E-state index in [9.17, 15) is 18.0 Å². The Bertz CT molecular complexity index is 1490. The number of alkyl halides is 3. The Morgan fingerprint density at radius 3 is 2.74 bits per heavy atom. The molecule has 10 nitrogen and oxygen atoms in total. The highest BCUT2D eigenvalue weighted by molar-refractivity contribution is 6.32. The fourth-order valence-electron chi connectivity index (χ4n) is 3.67. The van der Waals surface area contributed by atoms with Gasteiger partial charge < -0.3 is 5.32 Å². The minimum atomic E-state index is -4.65. The summed E-state index contributed by atoms with van der Waals surface area (Å²) in [6.07, 6.45) is -0.838. The van der Waals surface area contributed by atoms with Gasteiger partial charge in [-0.3, -0.25) is 4.90 Å². The number of carbonyl (C=O) groups excluding carboxylic acids is 1. The molecule has 0 saturated carbocycles. The van der Waals surface area contributed by atoms with Gasteiger partial charge in [0, 0.05) is 12.6 Å². The fraction of sp³-hybridized carbons (Fsp3) is 0.158. The number of rotatable bonds is 2. The summed E-state index contributed by atoms with van der Waals surface area (Å²) in [4.78, 5) is 22.0. The van der Waals surface area contributed by atoms with Gasteiger partial charge in [-0.25, -0.2) is 24.0 Å². The topological polar surface area (TPSA) is 117 Å². The second-order valence-electron chi connectivity index (χ2n) is 7.17. The number of nitrogens with one attached hydrogen (secondary N) is 1. The van der Waals surface area contributed by atoms with E-state index in [1.54, 1.807) is 0 Å². The van der Waals surface area contributed by atoms with Gasteiger partial charge in [-0.05, 0) is 12.1 Å². The predicted molar refractivity (Wildman–Crippen MR) is 114 cm³/mol. The number of nitriles is 1. The summed E-state index contributed by atoms with van der Waals surface area (Å²) in [6, 6.07) is 5.22. The molecule has 1 N–H and O–H groups in total. The maximum Gasteiger partial charge on any atom is 0.399 e. The zero-order valence-corrected chi connectivity index (χ0v) is 18.1. The number of urea groups is 1. The molecule has 0 fully saturated rings. The van der Waals surface area contributed by atoms with Gasteiger partial charge in [0.05, 0.1) is 40.7 Å². The lowest BCUT2D eigenvalue weighted by atomic mass is 10.1. The summed E-state index contributed by atoms with van der Waals surface area (Å²) in [5, 5.41) is 19.5. The molecule has 0 aliphatic carbocycles. The Labute approximate surface area is 198 Å². The van der Waals surface area contributed by atoms with E-state index in [2.05, 4.69) is 25.5 Å². The van der Waals surface area contributed by atoms with E-state index < -0.39 is 24.7 Å². The Morgan fingerprint density at radius 1 is 1.24 bits per heavy atom. The Kier molecular flexibility index (Phi) is 5.07. The smallest absolute Gasteiger partial charge is 0.306 e. The fourth-order valence-corrected chi connectivity index (χ4v) is 4.09. The first-order valence-corrected chi connectivity index (χ1v) is 10.2. The molecule has 0 spiro atoms. The van der Waals surface area contributed by atoms with Gasteiger partial charge in [0.2, 0.25) is 0 Å². The van der Waals surface area contributed by atoms with Gasteiger partial charge in [-0.15, -0.1) is 0 Å². The normalized spacial score (nSPS) is 15.4. The van der Waals surface area contributed by atoms with E-state index in [4.69, 9.17) is 28.5 Å². The molecule has 0 bridgehead atoms. The predicted octanol–water partition coefficient (Wildman–Crippen LogP) is 4.19. The average Bonchev–Trinajstić information content (AvgIpc) is 3.48. The molecule has 5 heterocycles. The summed E-state index contributed by atoms with van der Waals surface area (Å²) in [6.45, 7) is -0.680. The van der Waals surface area contributed by atoms with Gasteiger partial charge in [-0.1, -0.05) is 23.2 Å². The van der Waals surface area contributed by atoms with Crippen molar-refractivity contribution in [1.82, 2.24) is 29.4 Å². The van der Waals surface area contributed by atoms with E-state index >= 15 is 0 Å². The Morgan fingerprint density at radius 2 is 2.03 bits per heavy atom. The molecule has 1 unspecified atom stereocenters. The van der Waals surface area contributed by atoms with Crippen molar-refractivity contribution in [2.45, 2.75) is 12.1 Å². The van der Waals surface area contributed by atoms with Crippen molar-refractivity contribution in [2.75, 3.05) is 16.8 Å². The number of hydrogen-bond acceptors (Lipinski definition) is 6. The van der Waals surface area contributed by atoms with Crippen molar-refractivity contribution < 1.29 is 18.0 Å². The van der Waals surface area contributed by atoms with E-state index in [0.29, 0.717) is 0 Å². The number of carbonyl (C=O) groups is 1. The number of anilines is 2. The van der Waals surface area contributed by atoms with Crippen LogP contribution < -0.4 is 10.2 Å². The standard InChI is InChI=1S/C19H10Cl2F3N9O/c20-12-3-9(6-27-17(12)32-10(5-25)1-2-28-32)29-18(34)31-8-11(19(22,23)24)16-13(31)7-26-15-4-14(21)30-33(15)16/h1-4,6-7,11H,8H2,(H,29,34). The van der Waals surface area contributed by atoms with Gasteiger partial charge in [0.25, 0.3) is 0 Å². The molecule has 1 aliphatic heterocycles. The van der Waals surface area contributed by atoms with Crippen LogP contribution in [0.1, 0.15) is 17.3 Å². The van der Waals surface area contributed by atoms with Crippen molar-refractivity contribution in [1.29, 1.82) is 5.26 Å². The van der Waals surface area contributed by atoms with Crippen molar-refractivity contribution in [3.05, 3.63) is 58.4 Å². The molecule has 0 saturated heterocycles. The lowest BCUT2D eigenvalue weighted by Crippen LogP contribution is -2.36. The molecule has 1 aliphatic rings. The summed E-state index contributed by atoms with van der Waals surface area (Å²) < 4.78 is 43.7. The SMILES string of the molecule is N#Cc1ccnn1-c1ncc(NC(=O)N2CC(C(F)(F)F)c3c2cnc2cc(Cl)nn32)cc1Cl. The highest BCUT2D eigenvalue weighted by Gasteiger charge is 2.50. The van der Waals surface area contributed by atoms with Crippen LogP contribution in [0.4, 0.5) is 29.3 Å². The molecular formula is C19H10Cl2F3N9O. The summed E-state index contributed by atoms with van der Waals surface area (Å²) in [5.41, 5.74) is 0.141. The number of pyridine rings is 1. The first kappa shape index (κ1) is 21.9. The van der Waals surface area contributed by atoms with Crippen LogP contribution in [0.15, 0.2) is 36.8 Å². The first-order chi connectivity index (χ1) is 16.2. The number of nitrogens with zero attached hydrogens (tertiary/aromatic N) is 8. The highest BCUT2D eigenvalue weighted by atomic mass is 35.5. The minimum Gasteiger partial charge on any atom is -0.306 e. The van der Waals surface area contributed by atoms with E-state index in [1.165, 1.54) is 41.5 Å². The maximum atomic E-state index is 13.8. The number of fused-ring (bicyclic) bond motifs is 3. The van der Waals surface area contributed by atoms with Crippen LogP contribution in [0.25, 0.3) is 11.5 Å². The summed E-state index contributed by atoms with van der Waals surface area (Å²) >= 11 is 12.1. The number of halogens is 5. The first-order valence-electron chi connectivity index (χ1n) is 9.47. The van der Waals surface area contributed by atoms with E-state index in [0.717, 1.165) is 9.42 Å². The summed E-state index contributed by atoms with van der Waals surface area (Å²) in [7, 11) is 0. The van der Waals surface area contributed by atoms with Crippen molar-refractivity contribution >= 4 is 46.3 Å². The Balaban J connectivity index is 1.47. The van der Waals surface area contributed by atoms with Crippen LogP contribution in [0.3, 0.4) is 0 Å². The quantitative estimate of drug-likeness (QED) is 0.434. The van der Waals surface area contributed by atoms with Crippen LogP contribution in [0.2, 0.25) is 10.2 Å². The maximum absolute atomic E-state index is 13.8. The molecule has 2 amide bonds. The van der Waals surface area contributed by atoms with E-state index in [-0.39, 0.29) is 44.4 Å². The molecule has 0 radical (unpaired) electrons. The van der Waals surface area contributed by atoms with Crippen molar-refractivity contribution in [3.8, 4) is 11.9 Å². The van der Waals surface area contributed by atoms with Gasteiger partial charge >= 0.3 is 12.2 Å². The monoisotopic (exact) mass is 507 g/mol. The van der Waals surface area contributed by atoms with Gasteiger partial charge in [-0.2, -0.15) is 28.6 Å². The van der Waals surface area contributed by atoms with E-state index in [1.807, 2.05) is 6.07 Å². The molecule has 15 heteroatoms. The van der Waals surface area contributed by atoms with Gasteiger partial charge in [0.1, 0.15) is 17.7 Å². The molecule has 4 aromatic heterocycles. The second kappa shape index (κ2) is 7.86. The average molecular weight is 508 g/mol.